The Morgan fingerprint density at radius 2 is 2.15 bits per heavy atom. The van der Waals surface area contributed by atoms with Crippen LogP contribution in [0.3, 0.4) is 0 Å². The normalized spacial score (nSPS) is 22.8. The van der Waals surface area contributed by atoms with E-state index in [2.05, 4.69) is 17.4 Å². The molecule has 1 fully saturated rings. The van der Waals surface area contributed by atoms with Crippen molar-refractivity contribution < 1.29 is 0 Å². The molecule has 2 heteroatoms. The molecule has 2 aliphatic rings. The highest BCUT2D eigenvalue weighted by Gasteiger charge is 2.46. The molecule has 0 saturated heterocycles. The lowest BCUT2D eigenvalue weighted by molar-refractivity contribution is 0.531. The Bertz CT molecular complexity index is 355. The summed E-state index contributed by atoms with van der Waals surface area (Å²) in [4.78, 5) is 0. The molecular formula is C11H12ClN. The number of benzene rings is 1. The Morgan fingerprint density at radius 3 is 2.92 bits per heavy atom. The molecule has 68 valence electrons. The van der Waals surface area contributed by atoms with Gasteiger partial charge in [-0.15, -0.1) is 0 Å². The quantitative estimate of drug-likeness (QED) is 0.668. The van der Waals surface area contributed by atoms with Gasteiger partial charge in [-0.1, -0.05) is 23.7 Å². The molecule has 1 nitrogen and oxygen atoms in total. The standard InChI is InChI=1S/C11H12ClN/c12-10-3-1-2-9-8(10)6-13-7-11(9)4-5-11/h1-3,13H,4-7H2. The van der Waals surface area contributed by atoms with Crippen molar-refractivity contribution in [3.05, 3.63) is 34.3 Å². The van der Waals surface area contributed by atoms with E-state index in [4.69, 9.17) is 11.6 Å². The van der Waals surface area contributed by atoms with Crippen LogP contribution in [0.4, 0.5) is 0 Å². The first-order valence-electron chi connectivity index (χ1n) is 4.80. The zero-order valence-corrected chi connectivity index (χ0v) is 8.19. The molecule has 1 aliphatic heterocycles. The summed E-state index contributed by atoms with van der Waals surface area (Å²) in [6, 6.07) is 6.31. The molecule has 13 heavy (non-hydrogen) atoms. The first-order valence-corrected chi connectivity index (χ1v) is 5.18. The van der Waals surface area contributed by atoms with Gasteiger partial charge in [0.2, 0.25) is 0 Å². The first-order chi connectivity index (χ1) is 6.32. The van der Waals surface area contributed by atoms with Crippen LogP contribution in [-0.2, 0) is 12.0 Å². The minimum atomic E-state index is 0.457. The van der Waals surface area contributed by atoms with E-state index >= 15 is 0 Å². The van der Waals surface area contributed by atoms with Crippen LogP contribution >= 0.6 is 11.6 Å². The summed E-state index contributed by atoms with van der Waals surface area (Å²) >= 11 is 6.16. The highest BCUT2D eigenvalue weighted by molar-refractivity contribution is 6.31. The Morgan fingerprint density at radius 1 is 1.31 bits per heavy atom. The highest BCUT2D eigenvalue weighted by atomic mass is 35.5. The van der Waals surface area contributed by atoms with Crippen molar-refractivity contribution >= 4 is 11.6 Å². The van der Waals surface area contributed by atoms with Crippen LogP contribution in [0.15, 0.2) is 18.2 Å². The van der Waals surface area contributed by atoms with E-state index in [9.17, 15) is 0 Å². The van der Waals surface area contributed by atoms with Crippen molar-refractivity contribution in [2.45, 2.75) is 24.8 Å². The molecule has 1 saturated carbocycles. The lowest BCUT2D eigenvalue weighted by Crippen LogP contribution is -2.33. The van der Waals surface area contributed by atoms with Gasteiger partial charge in [0.1, 0.15) is 0 Å². The minimum absolute atomic E-state index is 0.457. The van der Waals surface area contributed by atoms with Crippen molar-refractivity contribution in [1.29, 1.82) is 0 Å². The van der Waals surface area contributed by atoms with E-state index in [0.717, 1.165) is 18.1 Å². The fraction of sp³-hybridized carbons (Fsp3) is 0.455. The summed E-state index contributed by atoms with van der Waals surface area (Å²) in [5, 5.41) is 4.38. The van der Waals surface area contributed by atoms with Gasteiger partial charge in [-0.25, -0.2) is 0 Å². The van der Waals surface area contributed by atoms with Crippen LogP contribution < -0.4 is 5.32 Å². The van der Waals surface area contributed by atoms with Gasteiger partial charge in [0.15, 0.2) is 0 Å². The fourth-order valence-electron chi connectivity index (χ4n) is 2.35. The third-order valence-electron chi connectivity index (χ3n) is 3.31. The number of rotatable bonds is 0. The number of hydrogen-bond acceptors (Lipinski definition) is 1. The monoisotopic (exact) mass is 193 g/mol. The molecule has 0 radical (unpaired) electrons. The van der Waals surface area contributed by atoms with Crippen LogP contribution in [0.25, 0.3) is 0 Å². The maximum absolute atomic E-state index is 6.16. The van der Waals surface area contributed by atoms with Gasteiger partial charge in [0.25, 0.3) is 0 Å². The summed E-state index contributed by atoms with van der Waals surface area (Å²) in [5.74, 6) is 0. The van der Waals surface area contributed by atoms with Crippen LogP contribution in [0.1, 0.15) is 24.0 Å². The van der Waals surface area contributed by atoms with Gasteiger partial charge in [-0.2, -0.15) is 0 Å². The van der Waals surface area contributed by atoms with Crippen LogP contribution in [-0.4, -0.2) is 6.54 Å². The molecule has 0 unspecified atom stereocenters. The second kappa shape index (κ2) is 2.49. The van der Waals surface area contributed by atoms with Gasteiger partial charge in [-0.3, -0.25) is 0 Å². The Kier molecular flexibility index (Phi) is 1.50. The third-order valence-corrected chi connectivity index (χ3v) is 3.66. The maximum atomic E-state index is 6.16. The van der Waals surface area contributed by atoms with Gasteiger partial charge >= 0.3 is 0 Å². The van der Waals surface area contributed by atoms with E-state index in [0.29, 0.717) is 5.41 Å². The smallest absolute Gasteiger partial charge is 0.0453 e. The molecule has 1 aromatic carbocycles. The number of fused-ring (bicyclic) bond motifs is 2. The van der Waals surface area contributed by atoms with Crippen molar-refractivity contribution in [3.63, 3.8) is 0 Å². The first kappa shape index (κ1) is 7.84. The molecule has 0 amide bonds. The molecule has 1 heterocycles. The zero-order valence-electron chi connectivity index (χ0n) is 7.44. The molecule has 1 aliphatic carbocycles. The van der Waals surface area contributed by atoms with Crippen molar-refractivity contribution in [1.82, 2.24) is 5.32 Å². The van der Waals surface area contributed by atoms with Crippen molar-refractivity contribution in [2.75, 3.05) is 6.54 Å². The van der Waals surface area contributed by atoms with E-state index in [1.165, 1.54) is 24.0 Å². The summed E-state index contributed by atoms with van der Waals surface area (Å²) in [7, 11) is 0. The van der Waals surface area contributed by atoms with E-state index < -0.39 is 0 Å². The number of nitrogens with one attached hydrogen (secondary N) is 1. The van der Waals surface area contributed by atoms with Gasteiger partial charge in [0.05, 0.1) is 0 Å². The molecule has 0 bridgehead atoms. The zero-order chi connectivity index (χ0) is 8.89. The highest BCUT2D eigenvalue weighted by Crippen LogP contribution is 2.51. The predicted molar refractivity (Wildman–Crippen MR) is 54.1 cm³/mol. The predicted octanol–water partition coefficient (Wildman–Crippen LogP) is 2.47. The summed E-state index contributed by atoms with van der Waals surface area (Å²) in [6.07, 6.45) is 2.65. The molecule has 3 rings (SSSR count). The SMILES string of the molecule is Clc1cccc2c1CNCC21CC1. The Hall–Kier alpha value is -0.530. The largest absolute Gasteiger partial charge is 0.312 e. The summed E-state index contributed by atoms with van der Waals surface area (Å²) in [5.41, 5.74) is 3.28. The Labute approximate surface area is 83.1 Å². The minimum Gasteiger partial charge on any atom is -0.312 e. The maximum Gasteiger partial charge on any atom is 0.0453 e. The Balaban J connectivity index is 2.19. The van der Waals surface area contributed by atoms with Crippen molar-refractivity contribution in [2.24, 2.45) is 0 Å². The molecule has 1 N–H and O–H groups in total. The van der Waals surface area contributed by atoms with E-state index in [-0.39, 0.29) is 0 Å². The van der Waals surface area contributed by atoms with Gasteiger partial charge < -0.3 is 5.32 Å². The lowest BCUT2D eigenvalue weighted by Gasteiger charge is -2.26. The molecule has 0 atom stereocenters. The van der Waals surface area contributed by atoms with E-state index in [1.807, 2.05) is 6.07 Å². The van der Waals surface area contributed by atoms with Crippen molar-refractivity contribution in [3.8, 4) is 0 Å². The lowest BCUT2D eigenvalue weighted by atomic mass is 9.88. The number of hydrogen-bond donors (Lipinski definition) is 1. The fourth-order valence-corrected chi connectivity index (χ4v) is 2.60. The van der Waals surface area contributed by atoms with Gasteiger partial charge in [-0.05, 0) is 30.0 Å². The molecular weight excluding hydrogens is 182 g/mol. The average Bonchev–Trinajstić information content (AvgIpc) is 2.89. The second-order valence-corrected chi connectivity index (χ2v) is 4.56. The van der Waals surface area contributed by atoms with Crippen LogP contribution in [0.2, 0.25) is 5.02 Å². The summed E-state index contributed by atoms with van der Waals surface area (Å²) in [6.45, 7) is 2.08. The van der Waals surface area contributed by atoms with Gasteiger partial charge in [0, 0.05) is 23.5 Å². The topological polar surface area (TPSA) is 12.0 Å². The summed E-state index contributed by atoms with van der Waals surface area (Å²) < 4.78 is 0. The van der Waals surface area contributed by atoms with E-state index in [1.54, 1.807) is 0 Å². The molecule has 1 spiro atoms. The molecule has 0 aromatic heterocycles. The average molecular weight is 194 g/mol. The van der Waals surface area contributed by atoms with Crippen LogP contribution in [0.5, 0.6) is 0 Å². The number of halogens is 1. The van der Waals surface area contributed by atoms with Crippen LogP contribution in [0, 0.1) is 0 Å². The molecule has 1 aromatic rings. The second-order valence-electron chi connectivity index (χ2n) is 4.15. The third kappa shape index (κ3) is 1.04.